The second kappa shape index (κ2) is 5.10. The molecule has 1 aliphatic heterocycles. The zero-order valence-corrected chi connectivity index (χ0v) is 13.2. The van der Waals surface area contributed by atoms with Crippen LogP contribution in [0.1, 0.15) is 44.5 Å². The molecule has 1 unspecified atom stereocenters. The molecule has 0 bridgehead atoms. The number of nitrogens with one attached hydrogen (secondary N) is 1. The third kappa shape index (κ3) is 2.62. The molecule has 4 heteroatoms. The van der Waals surface area contributed by atoms with E-state index >= 15 is 0 Å². The van der Waals surface area contributed by atoms with Crippen molar-refractivity contribution >= 4 is 5.95 Å². The summed E-state index contributed by atoms with van der Waals surface area (Å²) in [5.41, 5.74) is 2.41. The van der Waals surface area contributed by atoms with Gasteiger partial charge in [-0.2, -0.15) is 0 Å². The Bertz CT molecular complexity index is 640. The molecule has 1 aromatic heterocycles. The van der Waals surface area contributed by atoms with E-state index in [9.17, 15) is 0 Å². The minimum absolute atomic E-state index is 0.0754. The number of benzene rings is 1. The largest absolute Gasteiger partial charge is 0.496 e. The van der Waals surface area contributed by atoms with Gasteiger partial charge in [-0.15, -0.1) is 0 Å². The van der Waals surface area contributed by atoms with Gasteiger partial charge in [0.25, 0.3) is 0 Å². The SMILES string of the molecule is COc1ccccc1C1CCn2cc(C(C)(C)C)nc2N1. The molecule has 0 spiro atoms. The normalized spacial score (nSPS) is 18.0. The first kappa shape index (κ1) is 14.0. The Hall–Kier alpha value is -1.97. The molecule has 21 heavy (non-hydrogen) atoms. The second-order valence-electron chi connectivity index (χ2n) is 6.62. The molecule has 112 valence electrons. The molecule has 2 heterocycles. The van der Waals surface area contributed by atoms with E-state index in [0.29, 0.717) is 0 Å². The van der Waals surface area contributed by atoms with Crippen LogP contribution in [0.15, 0.2) is 30.5 Å². The molecular formula is C17H23N3O. The number of ether oxygens (including phenoxy) is 1. The van der Waals surface area contributed by atoms with Crippen molar-refractivity contribution in [3.8, 4) is 5.75 Å². The lowest BCUT2D eigenvalue weighted by Gasteiger charge is -2.26. The summed E-state index contributed by atoms with van der Waals surface area (Å²) in [4.78, 5) is 4.76. The van der Waals surface area contributed by atoms with Crippen LogP contribution in [0.25, 0.3) is 0 Å². The maximum Gasteiger partial charge on any atom is 0.203 e. The van der Waals surface area contributed by atoms with Gasteiger partial charge in [0, 0.05) is 23.7 Å². The number of anilines is 1. The number of hydrogen-bond acceptors (Lipinski definition) is 3. The number of aromatic nitrogens is 2. The Kier molecular flexibility index (Phi) is 3.40. The van der Waals surface area contributed by atoms with Gasteiger partial charge in [0.05, 0.1) is 18.8 Å². The molecule has 1 aromatic carbocycles. The predicted octanol–water partition coefficient (Wildman–Crippen LogP) is 3.75. The van der Waals surface area contributed by atoms with Crippen molar-refractivity contribution in [2.45, 2.75) is 45.2 Å². The topological polar surface area (TPSA) is 39.1 Å². The monoisotopic (exact) mass is 285 g/mol. The summed E-state index contributed by atoms with van der Waals surface area (Å²) in [6.45, 7) is 7.56. The summed E-state index contributed by atoms with van der Waals surface area (Å²) >= 11 is 0. The van der Waals surface area contributed by atoms with Gasteiger partial charge in [0.1, 0.15) is 5.75 Å². The highest BCUT2D eigenvalue weighted by atomic mass is 16.5. The molecule has 3 rings (SSSR count). The number of para-hydroxylation sites is 1. The number of fused-ring (bicyclic) bond motifs is 1. The summed E-state index contributed by atoms with van der Waals surface area (Å²) in [6, 6.07) is 8.45. The summed E-state index contributed by atoms with van der Waals surface area (Å²) in [6.07, 6.45) is 3.20. The highest BCUT2D eigenvalue weighted by molar-refractivity contribution is 5.43. The van der Waals surface area contributed by atoms with Crippen molar-refractivity contribution < 1.29 is 4.74 Å². The van der Waals surface area contributed by atoms with Gasteiger partial charge in [-0.25, -0.2) is 4.98 Å². The van der Waals surface area contributed by atoms with Crippen molar-refractivity contribution in [2.24, 2.45) is 0 Å². The van der Waals surface area contributed by atoms with Crippen LogP contribution in [0.2, 0.25) is 0 Å². The van der Waals surface area contributed by atoms with E-state index < -0.39 is 0 Å². The minimum atomic E-state index is 0.0754. The minimum Gasteiger partial charge on any atom is -0.496 e. The third-order valence-corrected chi connectivity index (χ3v) is 4.02. The number of rotatable bonds is 2. The van der Waals surface area contributed by atoms with Crippen molar-refractivity contribution in [3.05, 3.63) is 41.7 Å². The second-order valence-corrected chi connectivity index (χ2v) is 6.62. The lowest BCUT2D eigenvalue weighted by Crippen LogP contribution is -2.22. The number of methoxy groups -OCH3 is 1. The molecule has 1 N–H and O–H groups in total. The number of hydrogen-bond donors (Lipinski definition) is 1. The average molecular weight is 285 g/mol. The van der Waals surface area contributed by atoms with Crippen LogP contribution < -0.4 is 10.1 Å². The smallest absolute Gasteiger partial charge is 0.203 e. The van der Waals surface area contributed by atoms with Gasteiger partial charge < -0.3 is 14.6 Å². The Balaban J connectivity index is 1.89. The van der Waals surface area contributed by atoms with Crippen LogP contribution in [0.4, 0.5) is 5.95 Å². The van der Waals surface area contributed by atoms with Crippen LogP contribution in [0.3, 0.4) is 0 Å². The van der Waals surface area contributed by atoms with E-state index in [4.69, 9.17) is 9.72 Å². The first-order chi connectivity index (χ1) is 9.99. The summed E-state index contributed by atoms with van der Waals surface area (Å²) < 4.78 is 7.69. The molecule has 0 saturated heterocycles. The maximum absolute atomic E-state index is 5.48. The third-order valence-electron chi connectivity index (χ3n) is 4.02. The van der Waals surface area contributed by atoms with Crippen molar-refractivity contribution in [1.82, 2.24) is 9.55 Å². The van der Waals surface area contributed by atoms with Crippen molar-refractivity contribution in [3.63, 3.8) is 0 Å². The van der Waals surface area contributed by atoms with E-state index in [1.807, 2.05) is 12.1 Å². The van der Waals surface area contributed by atoms with Crippen LogP contribution in [0, 0.1) is 0 Å². The summed E-state index contributed by atoms with van der Waals surface area (Å²) in [5.74, 6) is 1.90. The Morgan fingerprint density at radius 2 is 2.05 bits per heavy atom. The van der Waals surface area contributed by atoms with E-state index in [1.165, 1.54) is 5.56 Å². The quantitative estimate of drug-likeness (QED) is 0.913. The molecule has 0 aliphatic carbocycles. The van der Waals surface area contributed by atoms with E-state index in [-0.39, 0.29) is 11.5 Å². The molecule has 1 atom stereocenters. The Morgan fingerprint density at radius 1 is 1.29 bits per heavy atom. The van der Waals surface area contributed by atoms with E-state index in [1.54, 1.807) is 7.11 Å². The standard InChI is InChI=1S/C17H23N3O/c1-17(2,3)15-11-20-10-9-13(18-16(20)19-15)12-7-5-6-8-14(12)21-4/h5-8,11,13H,9-10H2,1-4H3,(H,18,19). The van der Waals surface area contributed by atoms with Crippen LogP contribution >= 0.6 is 0 Å². The number of nitrogens with zero attached hydrogens (tertiary/aromatic N) is 2. The van der Waals surface area contributed by atoms with Crippen molar-refractivity contribution in [1.29, 1.82) is 0 Å². The molecule has 0 amide bonds. The van der Waals surface area contributed by atoms with Crippen LogP contribution in [-0.4, -0.2) is 16.7 Å². The summed E-state index contributed by atoms with van der Waals surface area (Å²) in [7, 11) is 1.72. The zero-order valence-electron chi connectivity index (χ0n) is 13.2. The van der Waals surface area contributed by atoms with E-state index in [0.717, 1.165) is 30.4 Å². The van der Waals surface area contributed by atoms with Gasteiger partial charge in [0.2, 0.25) is 5.95 Å². The Morgan fingerprint density at radius 3 is 2.76 bits per heavy atom. The fraction of sp³-hybridized carbons (Fsp3) is 0.471. The summed E-state index contributed by atoms with van der Waals surface area (Å²) in [5, 5.41) is 3.55. The average Bonchev–Trinajstić information content (AvgIpc) is 2.90. The highest BCUT2D eigenvalue weighted by Gasteiger charge is 2.26. The molecule has 0 saturated carbocycles. The first-order valence-corrected chi connectivity index (χ1v) is 7.46. The molecule has 1 aliphatic rings. The first-order valence-electron chi connectivity index (χ1n) is 7.46. The fourth-order valence-electron chi connectivity index (χ4n) is 2.75. The maximum atomic E-state index is 5.48. The van der Waals surface area contributed by atoms with Crippen molar-refractivity contribution in [2.75, 3.05) is 12.4 Å². The van der Waals surface area contributed by atoms with Gasteiger partial charge in [-0.05, 0) is 12.5 Å². The molecular weight excluding hydrogens is 262 g/mol. The Labute approximate surface area is 126 Å². The number of imidazole rings is 1. The van der Waals surface area contributed by atoms with Crippen LogP contribution in [0.5, 0.6) is 5.75 Å². The lowest BCUT2D eigenvalue weighted by molar-refractivity contribution is 0.402. The van der Waals surface area contributed by atoms with Gasteiger partial charge in [0.15, 0.2) is 0 Å². The van der Waals surface area contributed by atoms with Gasteiger partial charge in [-0.1, -0.05) is 39.0 Å². The predicted molar refractivity (Wildman–Crippen MR) is 84.9 cm³/mol. The lowest BCUT2D eigenvalue weighted by atomic mass is 9.93. The molecule has 0 fully saturated rings. The molecule has 2 aromatic rings. The van der Waals surface area contributed by atoms with Crippen LogP contribution in [-0.2, 0) is 12.0 Å². The zero-order chi connectivity index (χ0) is 15.0. The highest BCUT2D eigenvalue weighted by Crippen LogP contribution is 2.34. The van der Waals surface area contributed by atoms with Gasteiger partial charge >= 0.3 is 0 Å². The molecule has 0 radical (unpaired) electrons. The van der Waals surface area contributed by atoms with E-state index in [2.05, 4.69) is 49.0 Å². The van der Waals surface area contributed by atoms with Gasteiger partial charge in [-0.3, -0.25) is 0 Å². The fourth-order valence-corrected chi connectivity index (χ4v) is 2.75. The number of aryl methyl sites for hydroxylation is 1. The molecule has 4 nitrogen and oxygen atoms in total.